The zero-order valence-corrected chi connectivity index (χ0v) is 9.10. The summed E-state index contributed by atoms with van der Waals surface area (Å²) < 4.78 is 0. The fourth-order valence-electron chi connectivity index (χ4n) is 2.11. The van der Waals surface area contributed by atoms with Gasteiger partial charge in [-0.1, -0.05) is 19.3 Å². The first kappa shape index (κ1) is 11.0. The lowest BCUT2D eigenvalue weighted by molar-refractivity contribution is 0.252. The monoisotopic (exact) mass is 184 g/mol. The molecule has 1 aliphatic carbocycles. The standard InChI is InChI=1S/C11H24N2/c1-10(12)6-9-13-11(2)7-4-3-5-8-11/h10,13H,3-9,12H2,1-2H3. The van der Waals surface area contributed by atoms with Gasteiger partial charge in [-0.25, -0.2) is 0 Å². The largest absolute Gasteiger partial charge is 0.328 e. The van der Waals surface area contributed by atoms with Gasteiger partial charge in [0.15, 0.2) is 0 Å². The average molecular weight is 184 g/mol. The highest BCUT2D eigenvalue weighted by atomic mass is 15.0. The van der Waals surface area contributed by atoms with Crippen molar-refractivity contribution in [2.24, 2.45) is 5.73 Å². The average Bonchev–Trinajstić information content (AvgIpc) is 2.04. The van der Waals surface area contributed by atoms with E-state index >= 15 is 0 Å². The van der Waals surface area contributed by atoms with E-state index in [1.165, 1.54) is 32.1 Å². The summed E-state index contributed by atoms with van der Waals surface area (Å²) in [5.74, 6) is 0. The first-order valence-electron chi connectivity index (χ1n) is 5.63. The summed E-state index contributed by atoms with van der Waals surface area (Å²) in [5.41, 5.74) is 6.12. The second kappa shape index (κ2) is 4.97. The van der Waals surface area contributed by atoms with Crippen molar-refractivity contribution < 1.29 is 0 Å². The van der Waals surface area contributed by atoms with Gasteiger partial charge in [-0.3, -0.25) is 0 Å². The van der Waals surface area contributed by atoms with Crippen molar-refractivity contribution in [3.63, 3.8) is 0 Å². The van der Waals surface area contributed by atoms with Crippen LogP contribution in [0.5, 0.6) is 0 Å². The summed E-state index contributed by atoms with van der Waals surface area (Å²) in [5, 5.41) is 3.65. The Morgan fingerprint density at radius 3 is 2.46 bits per heavy atom. The third-order valence-electron chi connectivity index (χ3n) is 3.11. The molecule has 0 aromatic heterocycles. The molecule has 2 nitrogen and oxygen atoms in total. The first-order valence-corrected chi connectivity index (χ1v) is 5.63. The van der Waals surface area contributed by atoms with Crippen LogP contribution in [0.3, 0.4) is 0 Å². The number of rotatable bonds is 4. The number of hydrogen-bond acceptors (Lipinski definition) is 2. The summed E-state index contributed by atoms with van der Waals surface area (Å²) in [6.45, 7) is 5.51. The molecule has 0 radical (unpaired) electrons. The van der Waals surface area contributed by atoms with Crippen molar-refractivity contribution in [2.75, 3.05) is 6.54 Å². The van der Waals surface area contributed by atoms with Gasteiger partial charge in [0.05, 0.1) is 0 Å². The van der Waals surface area contributed by atoms with Gasteiger partial charge in [-0.05, 0) is 39.7 Å². The van der Waals surface area contributed by atoms with E-state index in [0.29, 0.717) is 11.6 Å². The highest BCUT2D eigenvalue weighted by molar-refractivity contribution is 4.86. The van der Waals surface area contributed by atoms with Crippen LogP contribution in [0, 0.1) is 0 Å². The molecule has 0 heterocycles. The molecular weight excluding hydrogens is 160 g/mol. The summed E-state index contributed by atoms with van der Waals surface area (Å²) in [6.07, 6.45) is 7.97. The van der Waals surface area contributed by atoms with Crippen LogP contribution in [0.4, 0.5) is 0 Å². The summed E-state index contributed by atoms with van der Waals surface area (Å²) >= 11 is 0. The van der Waals surface area contributed by atoms with Crippen LogP contribution in [-0.2, 0) is 0 Å². The van der Waals surface area contributed by atoms with Crippen LogP contribution < -0.4 is 11.1 Å². The van der Waals surface area contributed by atoms with Crippen molar-refractivity contribution in [1.82, 2.24) is 5.32 Å². The molecule has 78 valence electrons. The van der Waals surface area contributed by atoms with Crippen molar-refractivity contribution in [2.45, 2.75) is 64.0 Å². The van der Waals surface area contributed by atoms with Crippen LogP contribution in [0.25, 0.3) is 0 Å². The maximum absolute atomic E-state index is 5.71. The number of nitrogens with two attached hydrogens (primary N) is 1. The number of hydrogen-bond donors (Lipinski definition) is 2. The minimum absolute atomic E-state index is 0.333. The Kier molecular flexibility index (Phi) is 4.20. The second-order valence-corrected chi connectivity index (χ2v) is 4.81. The van der Waals surface area contributed by atoms with Crippen LogP contribution >= 0.6 is 0 Å². The minimum Gasteiger partial charge on any atom is -0.328 e. The molecule has 0 saturated heterocycles. The fraction of sp³-hybridized carbons (Fsp3) is 1.00. The second-order valence-electron chi connectivity index (χ2n) is 4.81. The molecule has 2 heteroatoms. The van der Waals surface area contributed by atoms with Crippen LogP contribution in [-0.4, -0.2) is 18.1 Å². The maximum atomic E-state index is 5.71. The normalized spacial score (nSPS) is 24.2. The fourth-order valence-corrected chi connectivity index (χ4v) is 2.11. The van der Waals surface area contributed by atoms with E-state index in [9.17, 15) is 0 Å². The molecule has 1 atom stereocenters. The molecule has 1 fully saturated rings. The Morgan fingerprint density at radius 2 is 1.92 bits per heavy atom. The molecule has 1 rings (SSSR count). The van der Waals surface area contributed by atoms with E-state index in [-0.39, 0.29) is 0 Å². The van der Waals surface area contributed by atoms with Crippen molar-refractivity contribution in [1.29, 1.82) is 0 Å². The highest BCUT2D eigenvalue weighted by Gasteiger charge is 2.25. The van der Waals surface area contributed by atoms with E-state index < -0.39 is 0 Å². The van der Waals surface area contributed by atoms with Crippen LogP contribution in [0.2, 0.25) is 0 Å². The molecule has 3 N–H and O–H groups in total. The lowest BCUT2D eigenvalue weighted by atomic mass is 9.83. The maximum Gasteiger partial charge on any atom is 0.0153 e. The van der Waals surface area contributed by atoms with Crippen molar-refractivity contribution in [3.05, 3.63) is 0 Å². The Morgan fingerprint density at radius 1 is 1.31 bits per heavy atom. The SMILES string of the molecule is CC(N)CCNC1(C)CCCCC1. The molecule has 0 aromatic carbocycles. The molecule has 1 aliphatic rings. The smallest absolute Gasteiger partial charge is 0.0153 e. The third kappa shape index (κ3) is 4.10. The zero-order valence-electron chi connectivity index (χ0n) is 9.10. The molecule has 0 aliphatic heterocycles. The number of nitrogens with one attached hydrogen (secondary N) is 1. The van der Waals surface area contributed by atoms with Gasteiger partial charge in [-0.15, -0.1) is 0 Å². The van der Waals surface area contributed by atoms with Gasteiger partial charge >= 0.3 is 0 Å². The van der Waals surface area contributed by atoms with Gasteiger partial charge in [0.1, 0.15) is 0 Å². The Balaban J connectivity index is 2.17. The van der Waals surface area contributed by atoms with Gasteiger partial charge in [-0.2, -0.15) is 0 Å². The van der Waals surface area contributed by atoms with Gasteiger partial charge in [0, 0.05) is 11.6 Å². The topological polar surface area (TPSA) is 38.0 Å². The Hall–Kier alpha value is -0.0800. The molecule has 1 saturated carbocycles. The van der Waals surface area contributed by atoms with Crippen LogP contribution in [0.15, 0.2) is 0 Å². The van der Waals surface area contributed by atoms with Gasteiger partial charge in [0.2, 0.25) is 0 Å². The van der Waals surface area contributed by atoms with E-state index in [1.807, 2.05) is 0 Å². The molecular formula is C11H24N2. The molecule has 1 unspecified atom stereocenters. The minimum atomic E-state index is 0.333. The lowest BCUT2D eigenvalue weighted by Gasteiger charge is -2.35. The van der Waals surface area contributed by atoms with E-state index in [1.54, 1.807) is 0 Å². The third-order valence-corrected chi connectivity index (χ3v) is 3.11. The quantitative estimate of drug-likeness (QED) is 0.701. The Labute approximate surface area is 82.3 Å². The Bertz CT molecular complexity index is 137. The molecule has 0 bridgehead atoms. The van der Waals surface area contributed by atoms with Gasteiger partial charge < -0.3 is 11.1 Å². The molecule has 13 heavy (non-hydrogen) atoms. The zero-order chi connectivity index (χ0) is 9.73. The van der Waals surface area contributed by atoms with Crippen LogP contribution in [0.1, 0.15) is 52.4 Å². The van der Waals surface area contributed by atoms with Crippen molar-refractivity contribution >= 4 is 0 Å². The van der Waals surface area contributed by atoms with Gasteiger partial charge in [0.25, 0.3) is 0 Å². The molecule has 0 amide bonds. The molecule has 0 spiro atoms. The summed E-state index contributed by atoms with van der Waals surface area (Å²) in [6, 6.07) is 0.333. The summed E-state index contributed by atoms with van der Waals surface area (Å²) in [4.78, 5) is 0. The van der Waals surface area contributed by atoms with E-state index in [2.05, 4.69) is 19.2 Å². The first-order chi connectivity index (χ1) is 6.12. The predicted octanol–water partition coefficient (Wildman–Crippen LogP) is 2.04. The lowest BCUT2D eigenvalue weighted by Crippen LogP contribution is -2.45. The summed E-state index contributed by atoms with van der Waals surface area (Å²) in [7, 11) is 0. The predicted molar refractivity (Wildman–Crippen MR) is 57.8 cm³/mol. The van der Waals surface area contributed by atoms with E-state index in [4.69, 9.17) is 5.73 Å². The van der Waals surface area contributed by atoms with Crippen molar-refractivity contribution in [3.8, 4) is 0 Å². The molecule has 0 aromatic rings. The van der Waals surface area contributed by atoms with E-state index in [0.717, 1.165) is 13.0 Å². The highest BCUT2D eigenvalue weighted by Crippen LogP contribution is 2.27.